The highest BCUT2D eigenvalue weighted by Crippen LogP contribution is 2.41. The van der Waals surface area contributed by atoms with E-state index in [9.17, 15) is 0 Å². The van der Waals surface area contributed by atoms with Crippen LogP contribution in [0.15, 0.2) is 24.3 Å². The molecule has 2 fully saturated rings. The molecule has 2 nitrogen and oxygen atoms in total. The minimum Gasteiger partial charge on any atom is -0.348 e. The maximum Gasteiger partial charge on any atom is 0.0482 e. The van der Waals surface area contributed by atoms with Gasteiger partial charge in [0.05, 0.1) is 0 Å². The van der Waals surface area contributed by atoms with E-state index in [1.807, 2.05) is 0 Å². The van der Waals surface area contributed by atoms with Crippen LogP contribution in [0, 0.1) is 6.92 Å². The van der Waals surface area contributed by atoms with E-state index < -0.39 is 0 Å². The molecule has 2 heteroatoms. The van der Waals surface area contributed by atoms with E-state index in [-0.39, 0.29) is 0 Å². The van der Waals surface area contributed by atoms with Crippen molar-refractivity contribution >= 4 is 10.9 Å². The molecule has 4 rings (SSSR count). The first kappa shape index (κ1) is 11.5. The maximum absolute atomic E-state index is 3.76. The Morgan fingerprint density at radius 3 is 2.53 bits per heavy atom. The Morgan fingerprint density at radius 1 is 1.11 bits per heavy atom. The van der Waals surface area contributed by atoms with Crippen LogP contribution in [-0.4, -0.2) is 16.7 Å². The standard InChI is InChI=1S/C17H22N2/c1-11-17(12-9-13-7-8-14(10-12)18-13)15-5-3-4-6-16(15)19(11)2/h3-6,12-14,18H,7-10H2,1-2H3. The fraction of sp³-hybridized carbons (Fsp3) is 0.529. The van der Waals surface area contributed by atoms with E-state index in [0.717, 1.165) is 18.0 Å². The second-order valence-electron chi connectivity index (χ2n) is 6.38. The van der Waals surface area contributed by atoms with Crippen LogP contribution >= 0.6 is 0 Å². The van der Waals surface area contributed by atoms with Crippen LogP contribution in [-0.2, 0) is 7.05 Å². The molecule has 2 atom stereocenters. The number of fused-ring (bicyclic) bond motifs is 3. The molecule has 0 spiro atoms. The Kier molecular flexibility index (Phi) is 2.49. The quantitative estimate of drug-likeness (QED) is 0.824. The summed E-state index contributed by atoms with van der Waals surface area (Å²) in [7, 11) is 2.21. The Hall–Kier alpha value is -1.28. The Balaban J connectivity index is 1.84. The van der Waals surface area contributed by atoms with Crippen LogP contribution < -0.4 is 5.32 Å². The molecule has 1 N–H and O–H groups in total. The van der Waals surface area contributed by atoms with E-state index in [0.29, 0.717) is 0 Å². The fourth-order valence-electron chi connectivity index (χ4n) is 4.36. The molecule has 0 saturated carbocycles. The van der Waals surface area contributed by atoms with Crippen LogP contribution in [0.2, 0.25) is 0 Å². The SMILES string of the molecule is Cc1c(C2CC3CCC(C2)N3)c2ccccc2n1C. The molecule has 0 aliphatic carbocycles. The maximum atomic E-state index is 3.76. The molecule has 2 bridgehead atoms. The Bertz CT molecular complexity index is 613. The van der Waals surface area contributed by atoms with Crippen molar-refractivity contribution in [2.24, 2.45) is 7.05 Å². The lowest BCUT2D eigenvalue weighted by Crippen LogP contribution is -2.37. The zero-order chi connectivity index (χ0) is 13.0. The minimum atomic E-state index is 0.754. The minimum absolute atomic E-state index is 0.754. The van der Waals surface area contributed by atoms with Gasteiger partial charge in [-0.25, -0.2) is 0 Å². The third kappa shape index (κ3) is 1.66. The van der Waals surface area contributed by atoms with Gasteiger partial charge in [-0.05, 0) is 50.2 Å². The van der Waals surface area contributed by atoms with Crippen molar-refractivity contribution in [1.82, 2.24) is 9.88 Å². The lowest BCUT2D eigenvalue weighted by Gasteiger charge is -2.29. The average Bonchev–Trinajstić information content (AvgIpc) is 2.89. The summed E-state index contributed by atoms with van der Waals surface area (Å²) in [5.74, 6) is 0.754. The van der Waals surface area contributed by atoms with Gasteiger partial charge in [-0.3, -0.25) is 0 Å². The van der Waals surface area contributed by atoms with E-state index in [2.05, 4.69) is 48.1 Å². The average molecular weight is 254 g/mol. The molecular weight excluding hydrogens is 232 g/mol. The summed E-state index contributed by atoms with van der Waals surface area (Å²) >= 11 is 0. The second kappa shape index (κ2) is 4.11. The number of nitrogens with zero attached hydrogens (tertiary/aromatic N) is 1. The van der Waals surface area contributed by atoms with Gasteiger partial charge in [0.2, 0.25) is 0 Å². The highest BCUT2D eigenvalue weighted by atomic mass is 15.0. The summed E-state index contributed by atoms with van der Waals surface area (Å²) in [4.78, 5) is 0. The van der Waals surface area contributed by atoms with Crippen molar-refractivity contribution in [3.05, 3.63) is 35.5 Å². The predicted octanol–water partition coefficient (Wildman–Crippen LogP) is 3.48. The predicted molar refractivity (Wildman–Crippen MR) is 79.6 cm³/mol. The number of hydrogen-bond donors (Lipinski definition) is 1. The second-order valence-corrected chi connectivity index (χ2v) is 6.38. The van der Waals surface area contributed by atoms with Crippen LogP contribution in [0.25, 0.3) is 10.9 Å². The van der Waals surface area contributed by atoms with Gasteiger partial charge in [-0.1, -0.05) is 18.2 Å². The van der Waals surface area contributed by atoms with Crippen molar-refractivity contribution in [2.45, 2.75) is 50.6 Å². The van der Waals surface area contributed by atoms with Crippen molar-refractivity contribution < 1.29 is 0 Å². The smallest absolute Gasteiger partial charge is 0.0482 e. The lowest BCUT2D eigenvalue weighted by atomic mass is 9.85. The molecule has 2 aromatic rings. The first-order valence-corrected chi connectivity index (χ1v) is 7.54. The van der Waals surface area contributed by atoms with Crippen LogP contribution in [0.4, 0.5) is 0 Å². The van der Waals surface area contributed by atoms with Gasteiger partial charge in [0.15, 0.2) is 0 Å². The third-order valence-electron chi connectivity index (χ3n) is 5.33. The summed E-state index contributed by atoms with van der Waals surface area (Å²) in [5.41, 5.74) is 4.48. The van der Waals surface area contributed by atoms with Gasteiger partial charge in [-0.15, -0.1) is 0 Å². The molecule has 1 aromatic carbocycles. The van der Waals surface area contributed by atoms with Crippen molar-refractivity contribution in [3.63, 3.8) is 0 Å². The van der Waals surface area contributed by atoms with Gasteiger partial charge in [0, 0.05) is 35.7 Å². The topological polar surface area (TPSA) is 17.0 Å². The van der Waals surface area contributed by atoms with Crippen LogP contribution in [0.5, 0.6) is 0 Å². The van der Waals surface area contributed by atoms with Crippen LogP contribution in [0.1, 0.15) is 42.9 Å². The van der Waals surface area contributed by atoms with Crippen LogP contribution in [0.3, 0.4) is 0 Å². The molecule has 100 valence electrons. The molecule has 2 aliphatic rings. The van der Waals surface area contributed by atoms with Crippen molar-refractivity contribution in [3.8, 4) is 0 Å². The van der Waals surface area contributed by atoms with E-state index in [1.165, 1.54) is 42.3 Å². The zero-order valence-electron chi connectivity index (χ0n) is 11.8. The molecule has 2 unspecified atom stereocenters. The summed E-state index contributed by atoms with van der Waals surface area (Å²) in [6.07, 6.45) is 5.41. The number of nitrogens with one attached hydrogen (secondary N) is 1. The van der Waals surface area contributed by atoms with Gasteiger partial charge in [0.25, 0.3) is 0 Å². The zero-order valence-corrected chi connectivity index (χ0v) is 11.8. The summed E-state index contributed by atoms with van der Waals surface area (Å²) in [5, 5.41) is 5.24. The normalized spacial score (nSPS) is 30.1. The first-order valence-electron chi connectivity index (χ1n) is 7.54. The molecule has 3 heterocycles. The van der Waals surface area contributed by atoms with E-state index in [4.69, 9.17) is 0 Å². The highest BCUT2D eigenvalue weighted by Gasteiger charge is 2.35. The third-order valence-corrected chi connectivity index (χ3v) is 5.33. The Labute approximate surface area is 114 Å². The van der Waals surface area contributed by atoms with Gasteiger partial charge < -0.3 is 9.88 Å². The number of hydrogen-bond acceptors (Lipinski definition) is 1. The largest absolute Gasteiger partial charge is 0.348 e. The summed E-state index contributed by atoms with van der Waals surface area (Å²) in [6, 6.07) is 10.4. The Morgan fingerprint density at radius 2 is 1.79 bits per heavy atom. The molecule has 19 heavy (non-hydrogen) atoms. The van der Waals surface area contributed by atoms with E-state index in [1.54, 1.807) is 5.56 Å². The number of benzene rings is 1. The monoisotopic (exact) mass is 254 g/mol. The molecule has 0 amide bonds. The van der Waals surface area contributed by atoms with Crippen molar-refractivity contribution in [1.29, 1.82) is 0 Å². The van der Waals surface area contributed by atoms with Crippen molar-refractivity contribution in [2.75, 3.05) is 0 Å². The van der Waals surface area contributed by atoms with Gasteiger partial charge in [-0.2, -0.15) is 0 Å². The molecule has 2 saturated heterocycles. The number of aryl methyl sites for hydroxylation is 1. The number of piperidine rings is 1. The highest BCUT2D eigenvalue weighted by molar-refractivity contribution is 5.86. The fourth-order valence-corrected chi connectivity index (χ4v) is 4.36. The molecule has 0 radical (unpaired) electrons. The van der Waals surface area contributed by atoms with Gasteiger partial charge in [0.1, 0.15) is 0 Å². The lowest BCUT2D eigenvalue weighted by molar-refractivity contribution is 0.363. The van der Waals surface area contributed by atoms with E-state index >= 15 is 0 Å². The molecule has 2 aliphatic heterocycles. The molecule has 1 aromatic heterocycles. The van der Waals surface area contributed by atoms with Gasteiger partial charge >= 0.3 is 0 Å². The number of aromatic nitrogens is 1. The number of para-hydroxylation sites is 1. The number of rotatable bonds is 1. The first-order chi connectivity index (χ1) is 9.24. The summed E-state index contributed by atoms with van der Waals surface area (Å²) in [6.45, 7) is 2.29. The molecular formula is C17H22N2. The summed E-state index contributed by atoms with van der Waals surface area (Å²) < 4.78 is 2.37.